The maximum atomic E-state index is 13.2. The van der Waals surface area contributed by atoms with E-state index in [0.29, 0.717) is 17.1 Å². The van der Waals surface area contributed by atoms with E-state index in [-0.39, 0.29) is 29.3 Å². The normalized spacial score (nSPS) is 20.5. The first-order valence-electron chi connectivity index (χ1n) is 8.45. The van der Waals surface area contributed by atoms with Gasteiger partial charge >= 0.3 is 0 Å². The monoisotopic (exact) mass is 407 g/mol. The predicted molar refractivity (Wildman–Crippen MR) is 104 cm³/mol. The molecule has 27 heavy (non-hydrogen) atoms. The van der Waals surface area contributed by atoms with E-state index < -0.39 is 16.1 Å². The van der Waals surface area contributed by atoms with Crippen molar-refractivity contribution in [1.29, 1.82) is 0 Å². The molecule has 144 valence electrons. The maximum absolute atomic E-state index is 13.2. The Kier molecular flexibility index (Phi) is 5.75. The number of nitrogens with one attached hydrogen (secondary N) is 1. The van der Waals surface area contributed by atoms with Crippen LogP contribution in [0.25, 0.3) is 10.6 Å². The summed E-state index contributed by atoms with van der Waals surface area (Å²) in [6.45, 7) is 4.85. The molecule has 0 saturated carbocycles. The number of rotatable bonds is 6. The molecule has 0 radical (unpaired) electrons. The molecule has 1 aliphatic rings. The minimum atomic E-state index is -3.84. The van der Waals surface area contributed by atoms with Crippen LogP contribution in [0.5, 0.6) is 0 Å². The third kappa shape index (κ3) is 3.96. The van der Waals surface area contributed by atoms with Crippen LogP contribution in [0.4, 0.5) is 0 Å². The first-order valence-corrected chi connectivity index (χ1v) is 10.7. The van der Waals surface area contributed by atoms with Crippen LogP contribution in [0.15, 0.2) is 47.2 Å². The molecule has 1 aromatic carbocycles. The Morgan fingerprint density at radius 2 is 2.15 bits per heavy atom. The van der Waals surface area contributed by atoms with Gasteiger partial charge in [-0.2, -0.15) is 4.31 Å². The average molecular weight is 408 g/mol. The zero-order chi connectivity index (χ0) is 19.6. The van der Waals surface area contributed by atoms with Gasteiger partial charge in [-0.1, -0.05) is 36.9 Å². The van der Waals surface area contributed by atoms with Gasteiger partial charge in [-0.25, -0.2) is 13.4 Å². The number of thiazole rings is 1. The minimum absolute atomic E-state index is 0.102. The van der Waals surface area contributed by atoms with Gasteiger partial charge in [-0.05, 0) is 19.4 Å². The quantitative estimate of drug-likeness (QED) is 0.708. The lowest BCUT2D eigenvalue weighted by Crippen LogP contribution is -2.39. The highest BCUT2D eigenvalue weighted by molar-refractivity contribution is 7.91. The molecule has 1 aliphatic heterocycles. The molecule has 0 spiro atoms. The molecule has 3 rings (SSSR count). The van der Waals surface area contributed by atoms with Gasteiger partial charge in [-0.15, -0.1) is 11.3 Å². The van der Waals surface area contributed by atoms with E-state index in [2.05, 4.69) is 16.9 Å². The Hall–Kier alpha value is -2.07. The second-order valence-corrected chi connectivity index (χ2v) is 9.40. The van der Waals surface area contributed by atoms with E-state index in [0.717, 1.165) is 23.0 Å². The number of benzene rings is 1. The number of carbonyl (C=O) groups is 1. The summed E-state index contributed by atoms with van der Waals surface area (Å²) in [4.78, 5) is 16.0. The fourth-order valence-electron chi connectivity index (χ4n) is 3.14. The Balaban J connectivity index is 1.90. The summed E-state index contributed by atoms with van der Waals surface area (Å²) in [6, 6.07) is 8.42. The smallest absolute Gasteiger partial charge is 0.254 e. The van der Waals surface area contributed by atoms with Crippen molar-refractivity contribution in [2.45, 2.75) is 29.6 Å². The van der Waals surface area contributed by atoms with Gasteiger partial charge < -0.3 is 10.4 Å². The molecule has 2 heterocycles. The van der Waals surface area contributed by atoms with Gasteiger partial charge in [0.25, 0.3) is 10.0 Å². The molecule has 0 aliphatic carbocycles. The Labute approximate surface area is 162 Å². The van der Waals surface area contributed by atoms with E-state index in [9.17, 15) is 18.3 Å². The zero-order valence-corrected chi connectivity index (χ0v) is 16.5. The van der Waals surface area contributed by atoms with Crippen LogP contribution in [0.3, 0.4) is 0 Å². The summed E-state index contributed by atoms with van der Waals surface area (Å²) >= 11 is 1.11. The molecule has 2 N–H and O–H groups in total. The highest BCUT2D eigenvalue weighted by Gasteiger charge is 2.41. The minimum Gasteiger partial charge on any atom is -0.395 e. The number of aliphatic hydroxyl groups is 1. The molecule has 1 fully saturated rings. The number of aromatic nitrogens is 1. The van der Waals surface area contributed by atoms with E-state index in [1.54, 1.807) is 6.92 Å². The zero-order valence-electron chi connectivity index (χ0n) is 14.8. The maximum Gasteiger partial charge on any atom is 0.254 e. The SMILES string of the molecule is C=CC(=O)NC1CC(CO)N(S(=O)(=O)c2sc(-c3ccccc3)nc2C)C1. The van der Waals surface area contributed by atoms with E-state index in [1.807, 2.05) is 30.3 Å². The van der Waals surface area contributed by atoms with Crippen LogP contribution in [0.1, 0.15) is 12.1 Å². The summed E-state index contributed by atoms with van der Waals surface area (Å²) in [5.74, 6) is -0.365. The van der Waals surface area contributed by atoms with Crippen molar-refractivity contribution in [2.75, 3.05) is 13.2 Å². The summed E-state index contributed by atoms with van der Waals surface area (Å²) in [5, 5.41) is 13.0. The van der Waals surface area contributed by atoms with Gasteiger partial charge in [-0.3, -0.25) is 4.79 Å². The van der Waals surface area contributed by atoms with Gasteiger partial charge in [0.15, 0.2) is 4.21 Å². The number of nitrogens with zero attached hydrogens (tertiary/aromatic N) is 2. The van der Waals surface area contributed by atoms with Gasteiger partial charge in [0.1, 0.15) is 5.01 Å². The molecule has 1 aromatic heterocycles. The van der Waals surface area contributed by atoms with Crippen molar-refractivity contribution in [2.24, 2.45) is 0 Å². The van der Waals surface area contributed by atoms with E-state index >= 15 is 0 Å². The third-order valence-corrected chi connectivity index (χ3v) is 8.14. The Morgan fingerprint density at radius 3 is 2.78 bits per heavy atom. The molecule has 2 unspecified atom stereocenters. The topological polar surface area (TPSA) is 99.6 Å². The second kappa shape index (κ2) is 7.89. The van der Waals surface area contributed by atoms with Crippen molar-refractivity contribution in [3.63, 3.8) is 0 Å². The lowest BCUT2D eigenvalue weighted by Gasteiger charge is -2.21. The lowest BCUT2D eigenvalue weighted by atomic mass is 10.2. The molecule has 0 bridgehead atoms. The first-order chi connectivity index (χ1) is 12.9. The summed E-state index contributed by atoms with van der Waals surface area (Å²) in [5.41, 5.74) is 1.28. The van der Waals surface area contributed by atoms with Crippen LogP contribution in [0.2, 0.25) is 0 Å². The van der Waals surface area contributed by atoms with Gasteiger partial charge in [0.2, 0.25) is 5.91 Å². The van der Waals surface area contributed by atoms with Crippen LogP contribution in [0, 0.1) is 6.92 Å². The van der Waals surface area contributed by atoms with Crippen LogP contribution < -0.4 is 5.32 Å². The molecule has 1 saturated heterocycles. The molecule has 9 heteroatoms. The molecule has 2 aromatic rings. The number of aryl methyl sites for hydroxylation is 1. The number of hydrogen-bond donors (Lipinski definition) is 2. The molecular formula is C18H21N3O4S2. The summed E-state index contributed by atoms with van der Waals surface area (Å²) in [6.07, 6.45) is 1.49. The summed E-state index contributed by atoms with van der Waals surface area (Å²) < 4.78 is 27.9. The molecular weight excluding hydrogens is 386 g/mol. The Morgan fingerprint density at radius 1 is 1.44 bits per heavy atom. The third-order valence-electron chi connectivity index (χ3n) is 4.42. The number of amides is 1. The van der Waals surface area contributed by atoms with Crippen molar-refractivity contribution >= 4 is 27.3 Å². The van der Waals surface area contributed by atoms with Gasteiger partial charge in [0, 0.05) is 18.2 Å². The first kappa shape index (κ1) is 19.7. The van der Waals surface area contributed by atoms with Crippen molar-refractivity contribution in [1.82, 2.24) is 14.6 Å². The van der Waals surface area contributed by atoms with Crippen LogP contribution >= 0.6 is 11.3 Å². The van der Waals surface area contributed by atoms with Crippen LogP contribution in [-0.2, 0) is 14.8 Å². The molecule has 7 nitrogen and oxygen atoms in total. The molecule has 1 amide bonds. The van der Waals surface area contributed by atoms with Crippen molar-refractivity contribution in [3.8, 4) is 10.6 Å². The van der Waals surface area contributed by atoms with Crippen molar-refractivity contribution in [3.05, 3.63) is 48.7 Å². The van der Waals surface area contributed by atoms with Gasteiger partial charge in [0.05, 0.1) is 18.3 Å². The number of aliphatic hydroxyl groups excluding tert-OH is 1. The standard InChI is InChI=1S/C18H21N3O4S2/c1-3-16(23)20-14-9-15(11-22)21(10-14)27(24,25)18-12(2)19-17(26-18)13-7-5-4-6-8-13/h3-8,14-15,22H,1,9-11H2,2H3,(H,20,23). The lowest BCUT2D eigenvalue weighted by molar-refractivity contribution is -0.117. The fraction of sp³-hybridized carbons (Fsp3) is 0.333. The molecule has 2 atom stereocenters. The highest BCUT2D eigenvalue weighted by Crippen LogP contribution is 2.35. The predicted octanol–water partition coefficient (Wildman–Crippen LogP) is 1.54. The second-order valence-electron chi connectivity index (χ2n) is 6.31. The number of carbonyl (C=O) groups excluding carboxylic acids is 1. The van der Waals surface area contributed by atoms with Crippen molar-refractivity contribution < 1.29 is 18.3 Å². The van der Waals surface area contributed by atoms with Crippen LogP contribution in [-0.4, -0.2) is 54.0 Å². The fourth-order valence-corrected chi connectivity index (χ4v) is 6.45. The Bertz CT molecular complexity index is 941. The average Bonchev–Trinajstić information content (AvgIpc) is 3.26. The van der Waals surface area contributed by atoms with E-state index in [4.69, 9.17) is 0 Å². The largest absolute Gasteiger partial charge is 0.395 e. The highest BCUT2D eigenvalue weighted by atomic mass is 32.2. The van der Waals surface area contributed by atoms with E-state index in [1.165, 1.54) is 4.31 Å². The number of sulfonamides is 1. The summed E-state index contributed by atoms with van der Waals surface area (Å²) in [7, 11) is -3.84. The number of hydrogen-bond acceptors (Lipinski definition) is 6.